The standard InChI is InChI=1S/C10H18N2O2/c1-10(2,3)14-9(13)12-6-4-5-8(12)7-11/h4,6,8H,5,7,11H2,1-3H3/t8-/m0/s1. The van der Waals surface area contributed by atoms with Crippen molar-refractivity contribution in [1.29, 1.82) is 0 Å². The second kappa shape index (κ2) is 4.00. The zero-order valence-corrected chi connectivity index (χ0v) is 8.99. The van der Waals surface area contributed by atoms with Crippen LogP contribution in [0.2, 0.25) is 0 Å². The van der Waals surface area contributed by atoms with E-state index in [0.717, 1.165) is 6.42 Å². The average Bonchev–Trinajstić information content (AvgIpc) is 2.47. The van der Waals surface area contributed by atoms with Crippen LogP contribution in [0.4, 0.5) is 4.79 Å². The fraction of sp³-hybridized carbons (Fsp3) is 0.700. The Labute approximate surface area is 84.7 Å². The summed E-state index contributed by atoms with van der Waals surface area (Å²) in [6.07, 6.45) is 4.17. The van der Waals surface area contributed by atoms with Crippen molar-refractivity contribution in [3.63, 3.8) is 0 Å². The summed E-state index contributed by atoms with van der Waals surface area (Å²) in [5.74, 6) is 0. The number of carbonyl (C=O) groups excluding carboxylic acids is 1. The number of rotatable bonds is 1. The molecule has 1 amide bonds. The monoisotopic (exact) mass is 198 g/mol. The van der Waals surface area contributed by atoms with E-state index in [2.05, 4.69) is 0 Å². The summed E-state index contributed by atoms with van der Waals surface area (Å²) in [4.78, 5) is 13.2. The van der Waals surface area contributed by atoms with Crippen LogP contribution in [0.15, 0.2) is 12.3 Å². The number of carbonyl (C=O) groups is 1. The van der Waals surface area contributed by atoms with Crippen molar-refractivity contribution in [2.75, 3.05) is 6.54 Å². The number of hydrogen-bond donors (Lipinski definition) is 1. The summed E-state index contributed by atoms with van der Waals surface area (Å²) < 4.78 is 5.23. The van der Waals surface area contributed by atoms with Gasteiger partial charge in [0.2, 0.25) is 0 Å². The van der Waals surface area contributed by atoms with Gasteiger partial charge >= 0.3 is 6.09 Å². The molecule has 0 spiro atoms. The van der Waals surface area contributed by atoms with Crippen LogP contribution in [0.25, 0.3) is 0 Å². The van der Waals surface area contributed by atoms with Crippen molar-refractivity contribution in [1.82, 2.24) is 4.90 Å². The lowest BCUT2D eigenvalue weighted by molar-refractivity contribution is 0.0293. The molecule has 0 radical (unpaired) electrons. The minimum atomic E-state index is -0.452. The van der Waals surface area contributed by atoms with Crippen LogP contribution in [0.1, 0.15) is 27.2 Å². The molecule has 0 aromatic carbocycles. The predicted octanol–water partition coefficient (Wildman–Crippen LogP) is 1.47. The highest BCUT2D eigenvalue weighted by Gasteiger charge is 2.27. The molecule has 4 heteroatoms. The molecule has 0 aromatic heterocycles. The van der Waals surface area contributed by atoms with Crippen molar-refractivity contribution in [3.8, 4) is 0 Å². The van der Waals surface area contributed by atoms with E-state index in [1.807, 2.05) is 26.8 Å². The molecule has 0 fully saturated rings. The maximum atomic E-state index is 11.6. The third-order valence-corrected chi connectivity index (χ3v) is 1.94. The van der Waals surface area contributed by atoms with E-state index in [9.17, 15) is 4.79 Å². The number of ether oxygens (including phenoxy) is 1. The Hall–Kier alpha value is -1.03. The van der Waals surface area contributed by atoms with Gasteiger partial charge < -0.3 is 10.5 Å². The molecule has 1 aliphatic rings. The molecule has 0 saturated carbocycles. The van der Waals surface area contributed by atoms with Crippen LogP contribution in [-0.4, -0.2) is 29.2 Å². The molecular formula is C10H18N2O2. The Balaban J connectivity index is 2.56. The van der Waals surface area contributed by atoms with Crippen LogP contribution in [0, 0.1) is 0 Å². The second-order valence-electron chi connectivity index (χ2n) is 4.40. The predicted molar refractivity (Wildman–Crippen MR) is 54.7 cm³/mol. The molecule has 0 bridgehead atoms. The van der Waals surface area contributed by atoms with Gasteiger partial charge in [-0.3, -0.25) is 4.90 Å². The first-order chi connectivity index (χ1) is 6.44. The highest BCUT2D eigenvalue weighted by Crippen LogP contribution is 2.17. The third-order valence-electron chi connectivity index (χ3n) is 1.94. The summed E-state index contributed by atoms with van der Waals surface area (Å²) >= 11 is 0. The SMILES string of the molecule is CC(C)(C)OC(=O)N1C=CC[C@H]1CN. The topological polar surface area (TPSA) is 55.6 Å². The van der Waals surface area contributed by atoms with Gasteiger partial charge in [-0.2, -0.15) is 0 Å². The summed E-state index contributed by atoms with van der Waals surface area (Å²) in [5.41, 5.74) is 5.08. The normalized spacial score (nSPS) is 21.4. The van der Waals surface area contributed by atoms with Crippen molar-refractivity contribution >= 4 is 6.09 Å². The number of nitrogens with zero attached hydrogens (tertiary/aromatic N) is 1. The molecule has 1 heterocycles. The van der Waals surface area contributed by atoms with E-state index in [0.29, 0.717) is 6.54 Å². The fourth-order valence-electron chi connectivity index (χ4n) is 1.30. The first kappa shape index (κ1) is 11.0. The molecule has 80 valence electrons. The molecule has 1 aliphatic heterocycles. The minimum Gasteiger partial charge on any atom is -0.443 e. The Bertz CT molecular complexity index is 243. The summed E-state index contributed by atoms with van der Waals surface area (Å²) in [5, 5.41) is 0. The Morgan fingerprint density at radius 3 is 2.79 bits per heavy atom. The van der Waals surface area contributed by atoms with E-state index in [1.54, 1.807) is 11.1 Å². The van der Waals surface area contributed by atoms with E-state index in [4.69, 9.17) is 10.5 Å². The van der Waals surface area contributed by atoms with E-state index >= 15 is 0 Å². The Morgan fingerprint density at radius 2 is 2.29 bits per heavy atom. The largest absolute Gasteiger partial charge is 0.443 e. The van der Waals surface area contributed by atoms with E-state index in [-0.39, 0.29) is 12.1 Å². The van der Waals surface area contributed by atoms with Gasteiger partial charge in [-0.25, -0.2) is 4.79 Å². The molecule has 0 unspecified atom stereocenters. The number of hydrogen-bond acceptors (Lipinski definition) is 3. The van der Waals surface area contributed by atoms with Gasteiger partial charge in [0.05, 0.1) is 6.04 Å². The van der Waals surface area contributed by atoms with Crippen LogP contribution >= 0.6 is 0 Å². The highest BCUT2D eigenvalue weighted by atomic mass is 16.6. The van der Waals surface area contributed by atoms with Gasteiger partial charge in [-0.1, -0.05) is 6.08 Å². The van der Waals surface area contributed by atoms with Crippen molar-refractivity contribution < 1.29 is 9.53 Å². The van der Waals surface area contributed by atoms with Crippen molar-refractivity contribution in [2.45, 2.75) is 38.8 Å². The summed E-state index contributed by atoms with van der Waals surface area (Å²) in [6, 6.07) is 0.0600. The highest BCUT2D eigenvalue weighted by molar-refractivity contribution is 5.70. The number of amides is 1. The molecule has 0 aliphatic carbocycles. The van der Waals surface area contributed by atoms with Crippen LogP contribution in [-0.2, 0) is 4.74 Å². The van der Waals surface area contributed by atoms with Gasteiger partial charge in [0.15, 0.2) is 0 Å². The Morgan fingerprint density at radius 1 is 1.64 bits per heavy atom. The van der Waals surface area contributed by atoms with Crippen LogP contribution in [0.3, 0.4) is 0 Å². The van der Waals surface area contributed by atoms with Gasteiger partial charge in [-0.15, -0.1) is 0 Å². The smallest absolute Gasteiger partial charge is 0.414 e. The van der Waals surface area contributed by atoms with Gasteiger partial charge in [0.25, 0.3) is 0 Å². The summed E-state index contributed by atoms with van der Waals surface area (Å²) in [6.45, 7) is 6.01. The lowest BCUT2D eigenvalue weighted by Crippen LogP contribution is -2.41. The first-order valence-electron chi connectivity index (χ1n) is 4.82. The Kier molecular flexibility index (Phi) is 3.16. The summed E-state index contributed by atoms with van der Waals surface area (Å²) in [7, 11) is 0. The molecule has 14 heavy (non-hydrogen) atoms. The molecule has 4 nitrogen and oxygen atoms in total. The maximum absolute atomic E-state index is 11.6. The van der Waals surface area contributed by atoms with E-state index < -0.39 is 5.60 Å². The molecule has 0 aromatic rings. The zero-order valence-electron chi connectivity index (χ0n) is 8.99. The molecule has 1 atom stereocenters. The van der Waals surface area contributed by atoms with Crippen LogP contribution in [0.5, 0.6) is 0 Å². The first-order valence-corrected chi connectivity index (χ1v) is 4.82. The van der Waals surface area contributed by atoms with Crippen LogP contribution < -0.4 is 5.73 Å². The van der Waals surface area contributed by atoms with Crippen molar-refractivity contribution in [3.05, 3.63) is 12.3 Å². The average molecular weight is 198 g/mol. The van der Waals surface area contributed by atoms with Crippen molar-refractivity contribution in [2.24, 2.45) is 5.73 Å². The molecule has 2 N–H and O–H groups in total. The second-order valence-corrected chi connectivity index (χ2v) is 4.40. The molecule has 1 rings (SSSR count). The quantitative estimate of drug-likeness (QED) is 0.694. The third kappa shape index (κ3) is 2.73. The minimum absolute atomic E-state index is 0.0600. The lowest BCUT2D eigenvalue weighted by atomic mass is 10.2. The zero-order chi connectivity index (χ0) is 10.8. The van der Waals surface area contributed by atoms with E-state index in [1.165, 1.54) is 0 Å². The molecule has 0 saturated heterocycles. The fourth-order valence-corrected chi connectivity index (χ4v) is 1.30. The van der Waals surface area contributed by atoms with Gasteiger partial charge in [0, 0.05) is 12.7 Å². The maximum Gasteiger partial charge on any atom is 0.414 e. The lowest BCUT2D eigenvalue weighted by Gasteiger charge is -2.27. The molecular weight excluding hydrogens is 180 g/mol. The number of nitrogens with two attached hydrogens (primary N) is 1. The van der Waals surface area contributed by atoms with Gasteiger partial charge in [-0.05, 0) is 27.2 Å². The van der Waals surface area contributed by atoms with Gasteiger partial charge in [0.1, 0.15) is 5.60 Å².